The molecule has 2 N–H and O–H groups in total. The predicted molar refractivity (Wildman–Crippen MR) is 111 cm³/mol. The van der Waals surface area contributed by atoms with Crippen LogP contribution < -0.4 is 5.32 Å². The Kier molecular flexibility index (Phi) is 5.73. The van der Waals surface area contributed by atoms with E-state index in [2.05, 4.69) is 11.4 Å². The van der Waals surface area contributed by atoms with Gasteiger partial charge in [0.25, 0.3) is 5.91 Å². The van der Waals surface area contributed by atoms with Crippen LogP contribution in [0.15, 0.2) is 48.5 Å². The number of carboxylic acid groups (broad SMARTS) is 1. The normalized spacial score (nSPS) is 14.7. The molecular formula is C23H28N2O3. The van der Waals surface area contributed by atoms with Crippen molar-refractivity contribution in [3.8, 4) is 0 Å². The summed E-state index contributed by atoms with van der Waals surface area (Å²) in [5.41, 5.74) is 3.15. The van der Waals surface area contributed by atoms with Crippen molar-refractivity contribution in [3.05, 3.63) is 65.2 Å². The molecule has 0 fully saturated rings. The number of aryl methyl sites for hydroxylation is 1. The van der Waals surface area contributed by atoms with Crippen LogP contribution in [0.4, 0.5) is 10.5 Å². The Bertz CT molecular complexity index is 856. The molecule has 5 nitrogen and oxygen atoms in total. The van der Waals surface area contributed by atoms with Crippen LogP contribution in [0.1, 0.15) is 56.3 Å². The van der Waals surface area contributed by atoms with Crippen LogP contribution in [0.25, 0.3) is 0 Å². The third-order valence-electron chi connectivity index (χ3n) is 5.20. The van der Waals surface area contributed by atoms with Gasteiger partial charge in [-0.3, -0.25) is 9.69 Å². The maximum atomic E-state index is 13.4. The molecule has 2 amide bonds. The van der Waals surface area contributed by atoms with Gasteiger partial charge < -0.3 is 10.4 Å². The Morgan fingerprint density at radius 3 is 2.32 bits per heavy atom. The Morgan fingerprint density at radius 1 is 1.00 bits per heavy atom. The molecule has 3 rings (SSSR count). The van der Waals surface area contributed by atoms with Gasteiger partial charge in [-0.2, -0.15) is 0 Å². The van der Waals surface area contributed by atoms with E-state index in [1.807, 2.05) is 30.3 Å². The molecule has 5 heteroatoms. The highest BCUT2D eigenvalue weighted by Gasteiger charge is 2.38. The van der Waals surface area contributed by atoms with Crippen LogP contribution in [-0.4, -0.2) is 27.5 Å². The summed E-state index contributed by atoms with van der Waals surface area (Å²) >= 11 is 0. The van der Waals surface area contributed by atoms with Crippen LogP contribution in [0.2, 0.25) is 0 Å². The predicted octanol–water partition coefficient (Wildman–Crippen LogP) is 5.02. The lowest BCUT2D eigenvalue weighted by molar-refractivity contribution is -0.122. The summed E-state index contributed by atoms with van der Waals surface area (Å²) in [6.07, 6.45) is 3.10. The van der Waals surface area contributed by atoms with Gasteiger partial charge in [0.05, 0.1) is 0 Å². The first-order valence-corrected chi connectivity index (χ1v) is 9.78. The Balaban J connectivity index is 1.99. The van der Waals surface area contributed by atoms with Gasteiger partial charge in [0.2, 0.25) is 0 Å². The van der Waals surface area contributed by atoms with E-state index in [-0.39, 0.29) is 5.91 Å². The highest BCUT2D eigenvalue weighted by molar-refractivity contribution is 5.98. The van der Waals surface area contributed by atoms with Gasteiger partial charge in [-0.05, 0) is 69.2 Å². The summed E-state index contributed by atoms with van der Waals surface area (Å²) < 4.78 is 0. The van der Waals surface area contributed by atoms with Gasteiger partial charge in [0, 0.05) is 11.2 Å². The third kappa shape index (κ3) is 4.19. The summed E-state index contributed by atoms with van der Waals surface area (Å²) in [4.78, 5) is 26.7. The number of amides is 2. The van der Waals surface area contributed by atoms with Crippen molar-refractivity contribution in [1.82, 2.24) is 4.90 Å². The second-order valence-electron chi connectivity index (χ2n) is 8.28. The number of hydrogen-bond donors (Lipinski definition) is 2. The minimum atomic E-state index is -1.12. The van der Waals surface area contributed by atoms with Crippen LogP contribution in [-0.2, 0) is 17.6 Å². The first kappa shape index (κ1) is 19.9. The van der Waals surface area contributed by atoms with Crippen molar-refractivity contribution < 1.29 is 14.7 Å². The number of carbonyl (C=O) groups excluding carboxylic acids is 1. The molecule has 1 unspecified atom stereocenters. The quantitative estimate of drug-likeness (QED) is 0.782. The van der Waals surface area contributed by atoms with Crippen molar-refractivity contribution in [2.24, 2.45) is 0 Å². The fraction of sp³-hybridized carbons (Fsp3) is 0.391. The molecule has 0 saturated heterocycles. The molecule has 0 aliphatic heterocycles. The highest BCUT2D eigenvalue weighted by Crippen LogP contribution is 2.32. The molecule has 0 bridgehead atoms. The summed E-state index contributed by atoms with van der Waals surface area (Å²) in [5.74, 6) is -0.331. The van der Waals surface area contributed by atoms with Crippen molar-refractivity contribution in [3.63, 3.8) is 0 Å². The van der Waals surface area contributed by atoms with E-state index in [0.717, 1.165) is 31.4 Å². The molecular weight excluding hydrogens is 352 g/mol. The van der Waals surface area contributed by atoms with E-state index in [1.165, 1.54) is 16.0 Å². The zero-order valence-corrected chi connectivity index (χ0v) is 16.7. The smallest absolute Gasteiger partial charge is 0.408 e. The molecule has 1 atom stereocenters. The summed E-state index contributed by atoms with van der Waals surface area (Å²) in [6.45, 7) is 5.40. The van der Waals surface area contributed by atoms with Gasteiger partial charge in [-0.25, -0.2) is 4.79 Å². The van der Waals surface area contributed by atoms with Crippen molar-refractivity contribution in [2.45, 2.75) is 58.0 Å². The average Bonchev–Trinajstić information content (AvgIpc) is 2.65. The van der Waals surface area contributed by atoms with E-state index in [4.69, 9.17) is 0 Å². The first-order valence-electron chi connectivity index (χ1n) is 9.78. The molecule has 0 heterocycles. The largest absolute Gasteiger partial charge is 0.465 e. The molecule has 0 spiro atoms. The fourth-order valence-corrected chi connectivity index (χ4v) is 3.94. The van der Waals surface area contributed by atoms with Crippen molar-refractivity contribution in [1.29, 1.82) is 0 Å². The second-order valence-corrected chi connectivity index (χ2v) is 8.28. The minimum Gasteiger partial charge on any atom is -0.465 e. The number of hydrogen-bond acceptors (Lipinski definition) is 2. The second kappa shape index (κ2) is 8.05. The first-order chi connectivity index (χ1) is 13.3. The Morgan fingerprint density at radius 2 is 1.68 bits per heavy atom. The lowest BCUT2D eigenvalue weighted by Gasteiger charge is -2.39. The summed E-state index contributed by atoms with van der Waals surface area (Å²) in [5, 5.41) is 12.9. The number of rotatable bonds is 4. The Hall–Kier alpha value is -2.82. The molecule has 0 radical (unpaired) electrons. The number of fused-ring (bicyclic) bond motifs is 1. The maximum Gasteiger partial charge on any atom is 0.408 e. The molecule has 28 heavy (non-hydrogen) atoms. The molecule has 1 aliphatic carbocycles. The monoisotopic (exact) mass is 380 g/mol. The maximum absolute atomic E-state index is 13.4. The van der Waals surface area contributed by atoms with Gasteiger partial charge >= 0.3 is 6.09 Å². The Labute approximate surface area is 166 Å². The fourth-order valence-electron chi connectivity index (χ4n) is 3.94. The van der Waals surface area contributed by atoms with Crippen molar-refractivity contribution >= 4 is 17.7 Å². The standard InChI is InChI=1S/C23H28N2O3/c1-23(2,3)25(22(27)28)20(17-11-5-4-6-12-17)21(26)24-19-15-9-13-16-10-7-8-14-18(16)19/h4-6,9,11-13,15,20H,7-8,10,14H2,1-3H3,(H,24,26)(H,27,28). The topological polar surface area (TPSA) is 69.6 Å². The molecule has 148 valence electrons. The highest BCUT2D eigenvalue weighted by atomic mass is 16.4. The van der Waals surface area contributed by atoms with Crippen LogP contribution in [0.5, 0.6) is 0 Å². The van der Waals surface area contributed by atoms with E-state index >= 15 is 0 Å². The summed E-state index contributed by atoms with van der Waals surface area (Å²) in [6, 6.07) is 14.1. The number of anilines is 1. The van der Waals surface area contributed by atoms with Gasteiger partial charge in [0.15, 0.2) is 0 Å². The van der Waals surface area contributed by atoms with E-state index < -0.39 is 17.7 Å². The number of carbonyl (C=O) groups is 2. The van der Waals surface area contributed by atoms with Crippen molar-refractivity contribution in [2.75, 3.05) is 5.32 Å². The number of benzene rings is 2. The zero-order chi connectivity index (χ0) is 20.3. The van der Waals surface area contributed by atoms with Crippen LogP contribution >= 0.6 is 0 Å². The average molecular weight is 380 g/mol. The van der Waals surface area contributed by atoms with Crippen LogP contribution in [0, 0.1) is 0 Å². The molecule has 0 aromatic heterocycles. The molecule has 2 aromatic carbocycles. The molecule has 2 aromatic rings. The van der Waals surface area contributed by atoms with Gasteiger partial charge in [-0.15, -0.1) is 0 Å². The number of nitrogens with one attached hydrogen (secondary N) is 1. The zero-order valence-electron chi connectivity index (χ0n) is 16.7. The lowest BCUT2D eigenvalue weighted by Crippen LogP contribution is -2.50. The van der Waals surface area contributed by atoms with Crippen LogP contribution in [0.3, 0.4) is 0 Å². The third-order valence-corrected chi connectivity index (χ3v) is 5.20. The van der Waals surface area contributed by atoms with E-state index in [9.17, 15) is 14.7 Å². The lowest BCUT2D eigenvalue weighted by atomic mass is 9.90. The SMILES string of the molecule is CC(C)(C)N(C(=O)O)C(C(=O)Nc1cccc2c1CCCC2)c1ccccc1. The minimum absolute atomic E-state index is 0.331. The van der Waals surface area contributed by atoms with E-state index in [1.54, 1.807) is 32.9 Å². The summed E-state index contributed by atoms with van der Waals surface area (Å²) in [7, 11) is 0. The van der Waals surface area contributed by atoms with Gasteiger partial charge in [-0.1, -0.05) is 42.5 Å². The molecule has 1 aliphatic rings. The van der Waals surface area contributed by atoms with Gasteiger partial charge in [0.1, 0.15) is 6.04 Å². The number of nitrogens with zero attached hydrogens (tertiary/aromatic N) is 1. The van der Waals surface area contributed by atoms with E-state index in [0.29, 0.717) is 5.56 Å². The molecule has 0 saturated carbocycles.